The summed E-state index contributed by atoms with van der Waals surface area (Å²) in [4.78, 5) is 47.2. The van der Waals surface area contributed by atoms with E-state index in [9.17, 15) is 14.4 Å². The van der Waals surface area contributed by atoms with Crippen molar-refractivity contribution in [3.05, 3.63) is 70.9 Å². The molecule has 3 atom stereocenters. The molecule has 3 amide bonds. The van der Waals surface area contributed by atoms with Crippen LogP contribution < -0.4 is 5.32 Å². The number of nitrogens with zero attached hydrogens (tertiary/aromatic N) is 2. The van der Waals surface area contributed by atoms with Crippen molar-refractivity contribution in [3.63, 3.8) is 0 Å². The van der Waals surface area contributed by atoms with Gasteiger partial charge in [0.05, 0.1) is 12.1 Å². The van der Waals surface area contributed by atoms with E-state index in [0.29, 0.717) is 18.8 Å². The lowest BCUT2D eigenvalue weighted by molar-refractivity contribution is -0.138. The standard InChI is InChI=1S/C29H34N4O3/c1-17-10-11-18(2)22(12-17)27(35)32-15-21-14-20(32)16-33(21)28(36)25(29(3,4)5)31-26(34)24-13-19-8-6-7-9-23(19)30-24/h6-13,20-21,25,30H,14-16H2,1-5H3,(H,31,34)/t20-,21-,25?/m0/s1. The SMILES string of the molecule is Cc1ccc(C)c(C(=O)N2C[C@@H]3C[C@H]2CN3C(=O)C(NC(=O)c2cc3ccccc3[nH]2)C(C)(C)C)c1. The van der Waals surface area contributed by atoms with E-state index in [1.807, 2.05) is 92.9 Å². The average Bonchev–Trinajstić information content (AvgIpc) is 3.56. The fourth-order valence-electron chi connectivity index (χ4n) is 5.53. The van der Waals surface area contributed by atoms with Gasteiger partial charge in [0.25, 0.3) is 11.8 Å². The number of likely N-dealkylation sites (tertiary alicyclic amines) is 2. The molecule has 2 aliphatic heterocycles. The molecule has 2 aliphatic rings. The first-order valence-corrected chi connectivity index (χ1v) is 12.6. The second-order valence-electron chi connectivity index (χ2n) is 11.4. The lowest BCUT2D eigenvalue weighted by Gasteiger charge is -2.39. The van der Waals surface area contributed by atoms with E-state index < -0.39 is 11.5 Å². The molecule has 7 heteroatoms. The number of hydrogen-bond acceptors (Lipinski definition) is 3. The van der Waals surface area contributed by atoms with E-state index in [2.05, 4.69) is 10.3 Å². The minimum Gasteiger partial charge on any atom is -0.351 e. The summed E-state index contributed by atoms with van der Waals surface area (Å²) in [6.07, 6.45) is 0.773. The van der Waals surface area contributed by atoms with Crippen molar-refractivity contribution in [2.24, 2.45) is 5.41 Å². The Labute approximate surface area is 211 Å². The van der Waals surface area contributed by atoms with Gasteiger partial charge in [0.15, 0.2) is 0 Å². The maximum Gasteiger partial charge on any atom is 0.268 e. The third-order valence-corrected chi connectivity index (χ3v) is 7.57. The Morgan fingerprint density at radius 1 is 0.972 bits per heavy atom. The zero-order valence-electron chi connectivity index (χ0n) is 21.6. The Morgan fingerprint density at radius 3 is 2.33 bits per heavy atom. The Bertz CT molecular complexity index is 1320. The molecule has 2 aromatic carbocycles. The van der Waals surface area contributed by atoms with E-state index in [4.69, 9.17) is 0 Å². The highest BCUT2D eigenvalue weighted by atomic mass is 16.2. The van der Waals surface area contributed by atoms with Gasteiger partial charge >= 0.3 is 0 Å². The maximum atomic E-state index is 13.8. The highest BCUT2D eigenvalue weighted by Crippen LogP contribution is 2.34. The number of H-pyrrole nitrogens is 1. The molecular weight excluding hydrogens is 452 g/mol. The Kier molecular flexibility index (Phi) is 5.89. The predicted octanol–water partition coefficient (Wildman–Crippen LogP) is 4.05. The molecule has 1 unspecified atom stereocenters. The van der Waals surface area contributed by atoms with Crippen LogP contribution in [0.3, 0.4) is 0 Å². The molecule has 2 saturated heterocycles. The second-order valence-corrected chi connectivity index (χ2v) is 11.4. The first-order valence-electron chi connectivity index (χ1n) is 12.6. The first kappa shape index (κ1) is 24.1. The smallest absolute Gasteiger partial charge is 0.268 e. The number of nitrogens with one attached hydrogen (secondary N) is 2. The molecule has 0 aliphatic carbocycles. The largest absolute Gasteiger partial charge is 0.351 e. The number of aromatic amines is 1. The molecule has 0 radical (unpaired) electrons. The first-order chi connectivity index (χ1) is 17.0. The molecule has 2 bridgehead atoms. The van der Waals surface area contributed by atoms with Gasteiger partial charge < -0.3 is 20.1 Å². The van der Waals surface area contributed by atoms with Crippen LogP contribution in [0.5, 0.6) is 0 Å². The summed E-state index contributed by atoms with van der Waals surface area (Å²) >= 11 is 0. The van der Waals surface area contributed by atoms with E-state index in [1.165, 1.54) is 0 Å². The van der Waals surface area contributed by atoms with Crippen LogP contribution >= 0.6 is 0 Å². The number of fused-ring (bicyclic) bond motifs is 3. The number of para-hydroxylation sites is 1. The molecular formula is C29H34N4O3. The summed E-state index contributed by atoms with van der Waals surface area (Å²) < 4.78 is 0. The number of carbonyl (C=O) groups is 3. The van der Waals surface area contributed by atoms with E-state index >= 15 is 0 Å². The molecule has 3 aromatic rings. The second kappa shape index (κ2) is 8.80. The van der Waals surface area contributed by atoms with E-state index in [-0.39, 0.29) is 29.8 Å². The molecule has 1 aromatic heterocycles. The molecule has 2 fully saturated rings. The molecule has 0 spiro atoms. The summed E-state index contributed by atoms with van der Waals surface area (Å²) in [5.41, 5.74) is 3.60. The number of rotatable bonds is 4. The van der Waals surface area contributed by atoms with Gasteiger partial charge in [0.2, 0.25) is 5.91 Å². The zero-order valence-corrected chi connectivity index (χ0v) is 21.6. The fraction of sp³-hybridized carbons (Fsp3) is 0.414. The predicted molar refractivity (Wildman–Crippen MR) is 140 cm³/mol. The summed E-state index contributed by atoms with van der Waals surface area (Å²) in [5.74, 6) is -0.343. The highest BCUT2D eigenvalue weighted by Gasteiger charge is 2.50. The number of hydrogen-bond donors (Lipinski definition) is 2. The van der Waals surface area contributed by atoms with Crippen molar-refractivity contribution < 1.29 is 14.4 Å². The van der Waals surface area contributed by atoms with Gasteiger partial charge in [-0.2, -0.15) is 0 Å². The number of amides is 3. The van der Waals surface area contributed by atoms with Gasteiger partial charge in [-0.3, -0.25) is 14.4 Å². The Balaban J connectivity index is 1.31. The van der Waals surface area contributed by atoms with Crippen LogP contribution in [0.15, 0.2) is 48.5 Å². The molecule has 5 rings (SSSR count). The summed E-state index contributed by atoms with van der Waals surface area (Å²) in [7, 11) is 0. The van der Waals surface area contributed by atoms with Gasteiger partial charge in [-0.1, -0.05) is 56.7 Å². The molecule has 36 heavy (non-hydrogen) atoms. The quantitative estimate of drug-likeness (QED) is 0.583. The van der Waals surface area contributed by atoms with Crippen molar-refractivity contribution in [1.29, 1.82) is 0 Å². The minimum atomic E-state index is -0.682. The van der Waals surface area contributed by atoms with Gasteiger partial charge in [0, 0.05) is 29.6 Å². The van der Waals surface area contributed by atoms with Crippen LogP contribution in [0.4, 0.5) is 0 Å². The third-order valence-electron chi connectivity index (χ3n) is 7.57. The minimum absolute atomic E-state index is 0.00334. The topological polar surface area (TPSA) is 85.5 Å². The molecule has 0 saturated carbocycles. The summed E-state index contributed by atoms with van der Waals surface area (Å²) in [6.45, 7) is 10.9. The molecule has 188 valence electrons. The number of carbonyl (C=O) groups excluding carboxylic acids is 3. The lowest BCUT2D eigenvalue weighted by atomic mass is 9.85. The number of piperazine rings is 1. The maximum absolute atomic E-state index is 13.8. The number of aromatic nitrogens is 1. The Morgan fingerprint density at radius 2 is 1.67 bits per heavy atom. The fourth-order valence-corrected chi connectivity index (χ4v) is 5.53. The molecule has 3 heterocycles. The van der Waals surface area contributed by atoms with Crippen molar-refractivity contribution in [2.75, 3.05) is 13.1 Å². The van der Waals surface area contributed by atoms with Crippen molar-refractivity contribution in [2.45, 2.75) is 59.2 Å². The summed E-state index contributed by atoms with van der Waals surface area (Å²) in [6, 6.07) is 14.7. The van der Waals surface area contributed by atoms with Crippen LogP contribution in [0.2, 0.25) is 0 Å². The van der Waals surface area contributed by atoms with E-state index in [1.54, 1.807) is 0 Å². The number of aryl methyl sites for hydroxylation is 2. The van der Waals surface area contributed by atoms with Crippen molar-refractivity contribution in [1.82, 2.24) is 20.1 Å². The number of benzene rings is 2. The van der Waals surface area contributed by atoms with Gasteiger partial charge in [-0.05, 0) is 49.4 Å². The molecule has 7 nitrogen and oxygen atoms in total. The zero-order chi connectivity index (χ0) is 25.8. The monoisotopic (exact) mass is 486 g/mol. The van der Waals surface area contributed by atoms with Crippen LogP contribution in [-0.2, 0) is 4.79 Å². The van der Waals surface area contributed by atoms with Crippen LogP contribution in [0.25, 0.3) is 10.9 Å². The summed E-state index contributed by atoms with van der Waals surface area (Å²) in [5, 5.41) is 3.95. The van der Waals surface area contributed by atoms with Crippen LogP contribution in [0, 0.1) is 19.3 Å². The Hall–Kier alpha value is -3.61. The van der Waals surface area contributed by atoms with Crippen LogP contribution in [0.1, 0.15) is 59.2 Å². The normalized spacial score (nSPS) is 20.1. The van der Waals surface area contributed by atoms with Crippen LogP contribution in [-0.4, -0.2) is 63.7 Å². The van der Waals surface area contributed by atoms with Crippen molar-refractivity contribution >= 4 is 28.6 Å². The van der Waals surface area contributed by atoms with E-state index in [0.717, 1.165) is 34.0 Å². The van der Waals surface area contributed by atoms with Gasteiger partial charge in [-0.15, -0.1) is 0 Å². The van der Waals surface area contributed by atoms with Gasteiger partial charge in [-0.25, -0.2) is 0 Å². The van der Waals surface area contributed by atoms with Crippen molar-refractivity contribution in [3.8, 4) is 0 Å². The highest BCUT2D eigenvalue weighted by molar-refractivity contribution is 6.00. The lowest BCUT2D eigenvalue weighted by Crippen LogP contribution is -2.59. The average molecular weight is 487 g/mol. The molecule has 2 N–H and O–H groups in total. The third kappa shape index (κ3) is 4.27. The van der Waals surface area contributed by atoms with Gasteiger partial charge in [0.1, 0.15) is 11.7 Å².